The second-order valence-electron chi connectivity index (χ2n) is 8.80. The zero-order valence-corrected chi connectivity index (χ0v) is 20.3. The lowest BCUT2D eigenvalue weighted by atomic mass is 10.0. The first-order chi connectivity index (χ1) is 15.6. The molecule has 2 aromatic heterocycles. The molecule has 0 aliphatic rings. The number of nitrogens with zero attached hydrogens (tertiary/aromatic N) is 4. The number of amides is 1. The minimum Gasteiger partial charge on any atom is -0.444 e. The highest BCUT2D eigenvalue weighted by atomic mass is 35.5. The fourth-order valence-electron chi connectivity index (χ4n) is 3.42. The first kappa shape index (κ1) is 24.6. The van der Waals surface area contributed by atoms with Gasteiger partial charge in [0.1, 0.15) is 17.1 Å². The van der Waals surface area contributed by atoms with E-state index in [1.54, 1.807) is 30.6 Å². The highest BCUT2D eigenvalue weighted by molar-refractivity contribution is 6.30. The summed E-state index contributed by atoms with van der Waals surface area (Å²) in [6, 6.07) is 6.38. The molecule has 7 nitrogen and oxygen atoms in total. The number of alkyl carbamates (subject to hydrolysis) is 1. The third-order valence-corrected chi connectivity index (χ3v) is 5.40. The van der Waals surface area contributed by atoms with Crippen LogP contribution in [0.4, 0.5) is 15.0 Å². The predicted molar refractivity (Wildman–Crippen MR) is 129 cm³/mol. The van der Waals surface area contributed by atoms with Gasteiger partial charge in [-0.1, -0.05) is 18.5 Å². The van der Waals surface area contributed by atoms with Crippen molar-refractivity contribution in [3.63, 3.8) is 0 Å². The van der Waals surface area contributed by atoms with Crippen LogP contribution in [0.2, 0.25) is 5.02 Å². The topological polar surface area (TPSA) is 80.2 Å². The molecule has 3 aromatic rings. The van der Waals surface area contributed by atoms with Gasteiger partial charge in [0.05, 0.1) is 0 Å². The molecule has 1 N–H and O–H groups in total. The highest BCUT2D eigenvalue weighted by Gasteiger charge is 2.22. The minimum absolute atomic E-state index is 0.112. The molecule has 0 saturated carbocycles. The first-order valence-corrected chi connectivity index (χ1v) is 11.3. The molecule has 0 bridgehead atoms. The summed E-state index contributed by atoms with van der Waals surface area (Å²) in [6.07, 6.45) is 3.72. The Kier molecular flexibility index (Phi) is 7.68. The summed E-state index contributed by atoms with van der Waals surface area (Å²) in [7, 11) is 0. The van der Waals surface area contributed by atoms with Crippen molar-refractivity contribution in [3.05, 3.63) is 47.5 Å². The van der Waals surface area contributed by atoms with E-state index >= 15 is 0 Å². The van der Waals surface area contributed by atoms with Crippen molar-refractivity contribution in [2.75, 3.05) is 18.0 Å². The van der Waals surface area contributed by atoms with Gasteiger partial charge in [0, 0.05) is 52.9 Å². The maximum Gasteiger partial charge on any atom is 0.407 e. The van der Waals surface area contributed by atoms with E-state index in [-0.39, 0.29) is 6.04 Å². The molecule has 9 heteroatoms. The fraction of sp³-hybridized carbons (Fsp3) is 0.417. The van der Waals surface area contributed by atoms with Crippen molar-refractivity contribution in [1.82, 2.24) is 20.5 Å². The monoisotopic (exact) mass is 473 g/mol. The standard InChI is InChI=1S/C24H29ClFN5O2/c1-6-15(2)31(12-11-28-23(32)33-24(3,4)5)22-19-14-27-10-9-17(19)21(29-30-22)18-8-7-16(25)13-20(18)26/h7-10,13-15H,6,11-12H2,1-5H3,(H,28,32). The van der Waals surface area contributed by atoms with Crippen LogP contribution in [-0.4, -0.2) is 46.0 Å². The molecule has 3 rings (SSSR count). The van der Waals surface area contributed by atoms with E-state index in [0.29, 0.717) is 35.2 Å². The number of rotatable bonds is 7. The molecule has 0 aliphatic heterocycles. The molecule has 33 heavy (non-hydrogen) atoms. The molecule has 0 radical (unpaired) electrons. The molecular weight excluding hydrogens is 445 g/mol. The summed E-state index contributed by atoms with van der Waals surface area (Å²) in [5, 5.41) is 13.4. The molecule has 1 unspecified atom stereocenters. The Labute approximate surface area is 198 Å². The van der Waals surface area contributed by atoms with E-state index in [4.69, 9.17) is 16.3 Å². The Morgan fingerprint density at radius 2 is 2.00 bits per heavy atom. The fourth-order valence-corrected chi connectivity index (χ4v) is 3.58. The van der Waals surface area contributed by atoms with Crippen LogP contribution in [0.5, 0.6) is 0 Å². The summed E-state index contributed by atoms with van der Waals surface area (Å²) in [5.74, 6) is 0.152. The third-order valence-electron chi connectivity index (χ3n) is 5.16. The van der Waals surface area contributed by atoms with Crippen LogP contribution in [0.25, 0.3) is 22.0 Å². The van der Waals surface area contributed by atoms with E-state index in [1.165, 1.54) is 6.07 Å². The molecule has 0 aliphatic carbocycles. The predicted octanol–water partition coefficient (Wildman–Crippen LogP) is 5.61. The quantitative estimate of drug-likeness (QED) is 0.480. The Morgan fingerprint density at radius 1 is 1.24 bits per heavy atom. The van der Waals surface area contributed by atoms with Crippen molar-refractivity contribution < 1.29 is 13.9 Å². The first-order valence-electron chi connectivity index (χ1n) is 10.9. The largest absolute Gasteiger partial charge is 0.444 e. The van der Waals surface area contributed by atoms with Crippen LogP contribution in [0.1, 0.15) is 41.0 Å². The van der Waals surface area contributed by atoms with Crippen molar-refractivity contribution >= 4 is 34.3 Å². The number of hydrogen-bond donors (Lipinski definition) is 1. The maximum absolute atomic E-state index is 14.6. The van der Waals surface area contributed by atoms with Crippen LogP contribution in [0.3, 0.4) is 0 Å². The number of carbonyl (C=O) groups excluding carboxylic acids is 1. The lowest BCUT2D eigenvalue weighted by Gasteiger charge is -2.30. The zero-order valence-electron chi connectivity index (χ0n) is 19.5. The third kappa shape index (κ3) is 6.07. The second-order valence-corrected chi connectivity index (χ2v) is 9.23. The summed E-state index contributed by atoms with van der Waals surface area (Å²) >= 11 is 5.91. The van der Waals surface area contributed by atoms with Gasteiger partial charge in [0.25, 0.3) is 0 Å². The molecule has 2 heterocycles. The van der Waals surface area contributed by atoms with Gasteiger partial charge in [0.15, 0.2) is 5.82 Å². The normalized spacial score (nSPS) is 12.5. The van der Waals surface area contributed by atoms with E-state index in [9.17, 15) is 9.18 Å². The zero-order chi connectivity index (χ0) is 24.2. The van der Waals surface area contributed by atoms with Crippen molar-refractivity contribution in [2.45, 2.75) is 52.7 Å². The number of fused-ring (bicyclic) bond motifs is 1. The molecule has 1 amide bonds. The van der Waals surface area contributed by atoms with Crippen molar-refractivity contribution in [2.24, 2.45) is 0 Å². The lowest BCUT2D eigenvalue weighted by Crippen LogP contribution is -2.41. The Morgan fingerprint density at radius 3 is 2.67 bits per heavy atom. The van der Waals surface area contributed by atoms with Crippen LogP contribution in [0, 0.1) is 5.82 Å². The van der Waals surface area contributed by atoms with Crippen molar-refractivity contribution in [1.29, 1.82) is 0 Å². The molecular formula is C24H29ClFN5O2. The number of pyridine rings is 1. The smallest absolute Gasteiger partial charge is 0.407 e. The SMILES string of the molecule is CCC(C)N(CCNC(=O)OC(C)(C)C)c1nnc(-c2ccc(Cl)cc2F)c2ccncc12. The molecule has 0 spiro atoms. The van der Waals surface area contributed by atoms with E-state index in [1.807, 2.05) is 20.8 Å². The van der Waals surface area contributed by atoms with E-state index in [0.717, 1.165) is 17.2 Å². The summed E-state index contributed by atoms with van der Waals surface area (Å²) in [4.78, 5) is 18.4. The van der Waals surface area contributed by atoms with Crippen LogP contribution < -0.4 is 10.2 Å². The minimum atomic E-state index is -0.569. The Bertz CT molecular complexity index is 1140. The number of halogens is 2. The van der Waals surface area contributed by atoms with E-state index < -0.39 is 17.5 Å². The Hall–Kier alpha value is -3.00. The van der Waals surface area contributed by atoms with Gasteiger partial charge in [-0.3, -0.25) is 4.98 Å². The Balaban J connectivity index is 1.95. The number of anilines is 1. The number of aromatic nitrogens is 3. The molecule has 176 valence electrons. The number of ether oxygens (including phenoxy) is 1. The van der Waals surface area contributed by atoms with Gasteiger partial charge >= 0.3 is 6.09 Å². The number of benzene rings is 1. The summed E-state index contributed by atoms with van der Waals surface area (Å²) in [6.45, 7) is 10.4. The number of nitrogens with one attached hydrogen (secondary N) is 1. The summed E-state index contributed by atoms with van der Waals surface area (Å²) < 4.78 is 20.0. The highest BCUT2D eigenvalue weighted by Crippen LogP contribution is 2.33. The van der Waals surface area contributed by atoms with Gasteiger partial charge in [-0.25, -0.2) is 9.18 Å². The average Bonchev–Trinajstić information content (AvgIpc) is 2.75. The molecule has 1 aromatic carbocycles. The summed E-state index contributed by atoms with van der Waals surface area (Å²) in [5.41, 5.74) is 0.165. The van der Waals surface area contributed by atoms with Crippen molar-refractivity contribution in [3.8, 4) is 11.3 Å². The molecule has 0 saturated heterocycles. The van der Waals surface area contributed by atoms with Crippen LogP contribution >= 0.6 is 11.6 Å². The van der Waals surface area contributed by atoms with Gasteiger partial charge in [0.2, 0.25) is 0 Å². The average molecular weight is 474 g/mol. The van der Waals surface area contributed by atoms with E-state index in [2.05, 4.69) is 39.2 Å². The second kappa shape index (κ2) is 10.3. The lowest BCUT2D eigenvalue weighted by molar-refractivity contribution is 0.0529. The van der Waals surface area contributed by atoms with Crippen LogP contribution in [-0.2, 0) is 4.74 Å². The van der Waals surface area contributed by atoms with Gasteiger partial charge < -0.3 is 15.0 Å². The molecule has 1 atom stereocenters. The molecule has 0 fully saturated rings. The van der Waals surface area contributed by atoms with Gasteiger partial charge in [-0.2, -0.15) is 0 Å². The maximum atomic E-state index is 14.6. The van der Waals surface area contributed by atoms with Gasteiger partial charge in [-0.15, -0.1) is 10.2 Å². The number of hydrogen-bond acceptors (Lipinski definition) is 6. The number of carbonyl (C=O) groups is 1. The van der Waals surface area contributed by atoms with Gasteiger partial charge in [-0.05, 0) is 58.4 Å². The van der Waals surface area contributed by atoms with Crippen LogP contribution in [0.15, 0.2) is 36.7 Å².